The maximum Gasteiger partial charge on any atom is 0.410 e. The van der Waals surface area contributed by atoms with Gasteiger partial charge in [-0.25, -0.2) is 10.2 Å². The number of ether oxygens (including phenoxy) is 2. The van der Waals surface area contributed by atoms with Gasteiger partial charge in [-0.3, -0.25) is 9.59 Å². The molecule has 0 spiro atoms. The van der Waals surface area contributed by atoms with Crippen LogP contribution >= 0.6 is 11.6 Å². The fourth-order valence-corrected chi connectivity index (χ4v) is 4.77. The molecule has 4 aromatic rings. The molecule has 2 N–H and O–H groups in total. The summed E-state index contributed by atoms with van der Waals surface area (Å²) in [5, 5.41) is 15.3. The lowest BCUT2D eigenvalue weighted by Gasteiger charge is -2.34. The summed E-state index contributed by atoms with van der Waals surface area (Å²) in [6.07, 6.45) is 1.12. The normalized spacial score (nSPS) is 13.2. The lowest BCUT2D eigenvalue weighted by atomic mass is 10.0. The van der Waals surface area contributed by atoms with Gasteiger partial charge in [0.1, 0.15) is 18.1 Å². The van der Waals surface area contributed by atoms with Gasteiger partial charge in [0.25, 0.3) is 11.8 Å². The molecule has 1 fully saturated rings. The summed E-state index contributed by atoms with van der Waals surface area (Å²) < 4.78 is 11.3. The van der Waals surface area contributed by atoms with Gasteiger partial charge in [-0.2, -0.15) is 5.10 Å². The molecule has 1 aliphatic heterocycles. The van der Waals surface area contributed by atoms with Crippen LogP contribution in [0.25, 0.3) is 10.8 Å². The maximum absolute atomic E-state index is 12.9. The summed E-state index contributed by atoms with van der Waals surface area (Å²) in [5.74, 6) is -0.238. The second-order valence-electron chi connectivity index (χ2n) is 9.76. The van der Waals surface area contributed by atoms with Crippen LogP contribution in [0.4, 0.5) is 4.79 Å². The van der Waals surface area contributed by atoms with Crippen LogP contribution in [0.2, 0.25) is 5.02 Å². The second-order valence-corrected chi connectivity index (χ2v) is 10.2. The molecule has 4 aromatic carbocycles. The van der Waals surface area contributed by atoms with Crippen LogP contribution in [-0.2, 0) is 16.1 Å². The lowest BCUT2D eigenvalue weighted by Crippen LogP contribution is -2.51. The van der Waals surface area contributed by atoms with E-state index in [1.807, 2.05) is 54.6 Å². The molecule has 43 heavy (non-hydrogen) atoms. The maximum atomic E-state index is 12.9. The quantitative estimate of drug-likeness (QED) is 0.221. The number of rotatable bonds is 8. The number of hydrogen-bond donors (Lipinski definition) is 2. The average Bonchev–Trinajstić information content (AvgIpc) is 3.04. The number of fused-ring (bicyclic) bond motifs is 1. The Hall–Kier alpha value is -5.09. The van der Waals surface area contributed by atoms with Crippen molar-refractivity contribution in [1.82, 2.24) is 15.2 Å². The third-order valence-electron chi connectivity index (χ3n) is 6.94. The zero-order valence-corrected chi connectivity index (χ0v) is 23.9. The van der Waals surface area contributed by atoms with E-state index in [1.54, 1.807) is 21.9 Å². The summed E-state index contributed by atoms with van der Waals surface area (Å²) in [6.45, 7) is 1.59. The van der Waals surface area contributed by atoms with Crippen LogP contribution in [0.15, 0.2) is 90.0 Å². The highest BCUT2D eigenvalue weighted by Gasteiger charge is 2.25. The molecule has 220 valence electrons. The number of nitrogens with one attached hydrogen (secondary N) is 1. The fraction of sp³-hybridized carbons (Fsp3) is 0.188. The molecule has 1 aliphatic rings. The highest BCUT2D eigenvalue weighted by atomic mass is 35.5. The van der Waals surface area contributed by atoms with E-state index in [-0.39, 0.29) is 35.5 Å². The van der Waals surface area contributed by atoms with Gasteiger partial charge in [-0.15, -0.1) is 0 Å². The molecule has 0 aliphatic carbocycles. The fourth-order valence-electron chi connectivity index (χ4n) is 4.59. The molecule has 1 saturated heterocycles. The largest absolute Gasteiger partial charge is 0.506 e. The summed E-state index contributed by atoms with van der Waals surface area (Å²) in [5.41, 5.74) is 4.35. The van der Waals surface area contributed by atoms with E-state index >= 15 is 0 Å². The first-order chi connectivity index (χ1) is 20.9. The number of phenols is 1. The Balaban J connectivity index is 1.14. The molecule has 0 bridgehead atoms. The van der Waals surface area contributed by atoms with Crippen LogP contribution in [0.5, 0.6) is 11.5 Å². The van der Waals surface area contributed by atoms with Crippen molar-refractivity contribution < 1.29 is 29.0 Å². The van der Waals surface area contributed by atoms with Gasteiger partial charge in [-0.05, 0) is 41.3 Å². The Morgan fingerprint density at radius 2 is 1.58 bits per heavy atom. The van der Waals surface area contributed by atoms with E-state index in [0.29, 0.717) is 31.9 Å². The highest BCUT2D eigenvalue weighted by molar-refractivity contribution is 6.32. The molecule has 11 heteroatoms. The summed E-state index contributed by atoms with van der Waals surface area (Å²) >= 11 is 5.88. The van der Waals surface area contributed by atoms with Crippen molar-refractivity contribution in [3.8, 4) is 11.5 Å². The lowest BCUT2D eigenvalue weighted by molar-refractivity contribution is -0.134. The Kier molecular flexibility index (Phi) is 9.38. The number of carbonyl (C=O) groups is 3. The minimum absolute atomic E-state index is 0.0678. The number of hydrogen-bond acceptors (Lipinski definition) is 7. The van der Waals surface area contributed by atoms with E-state index in [4.69, 9.17) is 21.1 Å². The number of piperazine rings is 1. The minimum Gasteiger partial charge on any atom is -0.506 e. The van der Waals surface area contributed by atoms with E-state index in [9.17, 15) is 19.5 Å². The predicted molar refractivity (Wildman–Crippen MR) is 162 cm³/mol. The van der Waals surface area contributed by atoms with Crippen molar-refractivity contribution in [3.63, 3.8) is 0 Å². The molecule has 0 aromatic heterocycles. The molecule has 3 amide bonds. The second kappa shape index (κ2) is 13.7. The zero-order chi connectivity index (χ0) is 30.2. The minimum atomic E-state index is -0.481. The number of nitrogens with zero attached hydrogens (tertiary/aromatic N) is 3. The van der Waals surface area contributed by atoms with E-state index in [1.165, 1.54) is 24.4 Å². The van der Waals surface area contributed by atoms with Crippen molar-refractivity contribution in [2.24, 2.45) is 5.10 Å². The van der Waals surface area contributed by atoms with Gasteiger partial charge in [0.15, 0.2) is 6.61 Å². The molecular formula is C32H29ClN4O6. The number of phenolic OH excluding ortho intramolecular Hbond substituents is 1. The number of halogens is 1. The SMILES string of the molecule is O=C(N/N=C/c1ccc(OCC(=O)N2CCN(C(=O)OCc3ccccc3)CC2)c2ccccc12)c1ccc(O)c(Cl)c1. The summed E-state index contributed by atoms with van der Waals surface area (Å²) in [6, 6.07) is 24.6. The number of carbonyl (C=O) groups excluding carboxylic acids is 3. The molecular weight excluding hydrogens is 572 g/mol. The first-order valence-corrected chi connectivity index (χ1v) is 14.0. The first kappa shape index (κ1) is 29.4. The summed E-state index contributed by atoms with van der Waals surface area (Å²) in [7, 11) is 0. The molecule has 0 radical (unpaired) electrons. The molecule has 5 rings (SSSR count). The first-order valence-electron chi connectivity index (χ1n) is 13.6. The van der Waals surface area contributed by atoms with E-state index in [0.717, 1.165) is 21.9 Å². The van der Waals surface area contributed by atoms with Crippen LogP contribution in [0.3, 0.4) is 0 Å². The van der Waals surface area contributed by atoms with Gasteiger partial charge in [0, 0.05) is 42.7 Å². The Bertz CT molecular complexity index is 1650. The van der Waals surface area contributed by atoms with Crippen molar-refractivity contribution in [1.29, 1.82) is 0 Å². The Labute approximate surface area is 253 Å². The third kappa shape index (κ3) is 7.41. The number of benzene rings is 4. The van der Waals surface area contributed by atoms with Crippen LogP contribution in [-0.4, -0.2) is 71.8 Å². The number of hydrazone groups is 1. The molecule has 0 atom stereocenters. The Morgan fingerprint density at radius 1 is 0.884 bits per heavy atom. The molecule has 0 unspecified atom stereocenters. The predicted octanol–water partition coefficient (Wildman–Crippen LogP) is 4.82. The number of aromatic hydroxyl groups is 1. The van der Waals surface area contributed by atoms with Crippen molar-refractivity contribution >= 4 is 46.5 Å². The third-order valence-corrected chi connectivity index (χ3v) is 7.25. The Morgan fingerprint density at radius 3 is 2.33 bits per heavy atom. The van der Waals surface area contributed by atoms with Gasteiger partial charge in [0.05, 0.1) is 11.2 Å². The topological polar surface area (TPSA) is 121 Å². The molecule has 1 heterocycles. The summed E-state index contributed by atoms with van der Waals surface area (Å²) in [4.78, 5) is 41.0. The van der Waals surface area contributed by atoms with Gasteiger partial charge < -0.3 is 24.4 Å². The average molecular weight is 601 g/mol. The van der Waals surface area contributed by atoms with Crippen molar-refractivity contribution in [2.75, 3.05) is 32.8 Å². The highest BCUT2D eigenvalue weighted by Crippen LogP contribution is 2.28. The molecule has 10 nitrogen and oxygen atoms in total. The van der Waals surface area contributed by atoms with Gasteiger partial charge in [0.2, 0.25) is 0 Å². The van der Waals surface area contributed by atoms with Gasteiger partial charge >= 0.3 is 6.09 Å². The van der Waals surface area contributed by atoms with Crippen LogP contribution in [0, 0.1) is 0 Å². The van der Waals surface area contributed by atoms with E-state index in [2.05, 4.69) is 10.5 Å². The van der Waals surface area contributed by atoms with Crippen molar-refractivity contribution in [3.05, 3.63) is 107 Å². The molecule has 0 saturated carbocycles. The standard InChI is InChI=1S/C32H29ClN4O6/c33-27-18-23(10-12-28(27)38)31(40)35-34-19-24-11-13-29(26-9-5-4-8-25(24)26)42-21-30(39)36-14-16-37(17-15-36)32(41)43-20-22-6-2-1-3-7-22/h1-13,18-19,38H,14-17,20-21H2,(H,35,40)/b34-19+. The van der Waals surface area contributed by atoms with Crippen LogP contribution < -0.4 is 10.2 Å². The smallest absolute Gasteiger partial charge is 0.410 e. The van der Waals surface area contributed by atoms with Gasteiger partial charge in [-0.1, -0.05) is 66.2 Å². The van der Waals surface area contributed by atoms with E-state index < -0.39 is 12.0 Å². The monoisotopic (exact) mass is 600 g/mol. The van der Waals surface area contributed by atoms with Crippen molar-refractivity contribution in [2.45, 2.75) is 6.61 Å². The van der Waals surface area contributed by atoms with Crippen LogP contribution in [0.1, 0.15) is 21.5 Å². The number of amides is 3. The zero-order valence-electron chi connectivity index (χ0n) is 23.1.